The third kappa shape index (κ3) is 8.35. The van der Waals surface area contributed by atoms with Gasteiger partial charge in [0.15, 0.2) is 24.8 Å². The molecule has 0 amide bonds. The molecule has 2 nitrogen and oxygen atoms in total. The number of hydrogen-bond donors (Lipinski definition) is 1. The maximum atomic E-state index is 4.26. The molecule has 0 aliphatic heterocycles. The largest absolute Gasteiger partial charge is 0.208 e. The van der Waals surface area contributed by atoms with Gasteiger partial charge >= 0.3 is 0 Å². The summed E-state index contributed by atoms with van der Waals surface area (Å²) in [7, 11) is 2.05. The Balaban J connectivity index is 1.54. The maximum absolute atomic E-state index is 4.26. The third-order valence-corrected chi connectivity index (χ3v) is 5.34. The van der Waals surface area contributed by atoms with E-state index in [0.717, 1.165) is 12.3 Å². The second-order valence-corrected chi connectivity index (χ2v) is 7.78. The molecule has 0 saturated carbocycles. The summed E-state index contributed by atoms with van der Waals surface area (Å²) in [5, 5.41) is 0. The Hall–Kier alpha value is -1.35. The highest BCUT2D eigenvalue weighted by Crippen LogP contribution is 2.15. The van der Waals surface area contributed by atoms with Crippen LogP contribution in [0.25, 0.3) is 11.1 Å². The lowest BCUT2D eigenvalue weighted by Crippen LogP contribution is -2.32. The summed E-state index contributed by atoms with van der Waals surface area (Å²) in [6.07, 6.45) is 22.3. The van der Waals surface area contributed by atoms with Crippen molar-refractivity contribution in [2.24, 2.45) is 7.05 Å². The van der Waals surface area contributed by atoms with E-state index in [1.807, 2.05) is 7.05 Å². The van der Waals surface area contributed by atoms with E-state index in [9.17, 15) is 0 Å². The zero-order chi connectivity index (χ0) is 18.5. The van der Waals surface area contributed by atoms with E-state index in [0.29, 0.717) is 0 Å². The maximum Gasteiger partial charge on any atom is 0.169 e. The molecule has 142 valence electrons. The highest BCUT2D eigenvalue weighted by molar-refractivity contribution is 7.80. The van der Waals surface area contributed by atoms with Crippen LogP contribution in [-0.2, 0) is 13.6 Å². The minimum absolute atomic E-state index is 1.05. The van der Waals surface area contributed by atoms with Crippen LogP contribution in [0.15, 0.2) is 49.1 Å². The van der Waals surface area contributed by atoms with Crippen LogP contribution in [0.5, 0.6) is 0 Å². The number of aromatic nitrogens is 2. The van der Waals surface area contributed by atoms with Gasteiger partial charge in [0.2, 0.25) is 0 Å². The highest BCUT2D eigenvalue weighted by Gasteiger charge is 2.04. The molecule has 2 rings (SSSR count). The Bertz CT molecular complexity index is 593. The molecular weight excluding hydrogens is 336 g/mol. The molecule has 0 fully saturated rings. The first-order valence-electron chi connectivity index (χ1n) is 10.4. The molecule has 2 aromatic heterocycles. The standard InChI is InChI=1S/C23H35N2S/c1-24-17-12-22(13-18-24)23-14-19-25(20-15-23)16-10-8-6-4-2-3-5-7-9-11-21-26/h12-15,17-20H,2-11,16,21H2,1H3/q+1/p+1. The van der Waals surface area contributed by atoms with Gasteiger partial charge in [-0.2, -0.15) is 12.6 Å². The Labute approximate surface area is 165 Å². The molecule has 0 radical (unpaired) electrons. The average Bonchev–Trinajstić information content (AvgIpc) is 2.67. The van der Waals surface area contributed by atoms with Crippen molar-refractivity contribution in [3.8, 4) is 11.1 Å². The molecule has 3 heteroatoms. The number of hydrogen-bond acceptors (Lipinski definition) is 1. The van der Waals surface area contributed by atoms with Crippen LogP contribution in [0.3, 0.4) is 0 Å². The number of pyridine rings is 2. The lowest BCUT2D eigenvalue weighted by Gasteiger charge is -2.02. The summed E-state index contributed by atoms with van der Waals surface area (Å²) < 4.78 is 4.38. The van der Waals surface area contributed by atoms with Crippen molar-refractivity contribution < 1.29 is 9.13 Å². The van der Waals surface area contributed by atoms with Crippen molar-refractivity contribution in [2.45, 2.75) is 70.8 Å². The zero-order valence-electron chi connectivity index (χ0n) is 16.4. The number of unbranched alkanes of at least 4 members (excludes halogenated alkanes) is 9. The molecule has 2 aromatic rings. The van der Waals surface area contributed by atoms with Crippen LogP contribution < -0.4 is 9.13 Å². The van der Waals surface area contributed by atoms with E-state index in [1.165, 1.54) is 75.3 Å². The predicted molar refractivity (Wildman–Crippen MR) is 113 cm³/mol. The summed E-state index contributed by atoms with van der Waals surface area (Å²) in [6, 6.07) is 8.78. The van der Waals surface area contributed by atoms with E-state index in [1.54, 1.807) is 0 Å². The summed E-state index contributed by atoms with van der Waals surface area (Å²) in [4.78, 5) is 0. The summed E-state index contributed by atoms with van der Waals surface area (Å²) in [5.74, 6) is 1.05. The molecule has 0 spiro atoms. The fourth-order valence-corrected chi connectivity index (χ4v) is 3.54. The normalized spacial score (nSPS) is 11.0. The van der Waals surface area contributed by atoms with Gasteiger partial charge in [-0.05, 0) is 29.7 Å². The van der Waals surface area contributed by atoms with Crippen LogP contribution >= 0.6 is 12.6 Å². The highest BCUT2D eigenvalue weighted by atomic mass is 32.1. The topological polar surface area (TPSA) is 7.76 Å². The van der Waals surface area contributed by atoms with Gasteiger partial charge in [-0.25, -0.2) is 9.13 Å². The molecule has 2 heterocycles. The Morgan fingerprint density at radius 1 is 0.615 bits per heavy atom. The lowest BCUT2D eigenvalue weighted by atomic mass is 10.1. The van der Waals surface area contributed by atoms with Gasteiger partial charge in [-0.1, -0.05) is 44.9 Å². The Morgan fingerprint density at radius 3 is 1.54 bits per heavy atom. The minimum atomic E-state index is 1.05. The van der Waals surface area contributed by atoms with Gasteiger partial charge < -0.3 is 0 Å². The van der Waals surface area contributed by atoms with Crippen LogP contribution in [0.4, 0.5) is 0 Å². The van der Waals surface area contributed by atoms with Crippen molar-refractivity contribution in [1.82, 2.24) is 0 Å². The predicted octanol–water partition coefficient (Wildman–Crippen LogP) is 5.30. The van der Waals surface area contributed by atoms with Crippen LogP contribution in [0.2, 0.25) is 0 Å². The zero-order valence-corrected chi connectivity index (χ0v) is 17.3. The van der Waals surface area contributed by atoms with Gasteiger partial charge in [0.1, 0.15) is 13.6 Å². The minimum Gasteiger partial charge on any atom is -0.208 e. The molecule has 0 atom stereocenters. The van der Waals surface area contributed by atoms with E-state index in [4.69, 9.17) is 0 Å². The van der Waals surface area contributed by atoms with E-state index < -0.39 is 0 Å². The molecule has 0 aromatic carbocycles. The van der Waals surface area contributed by atoms with E-state index >= 15 is 0 Å². The van der Waals surface area contributed by atoms with Crippen molar-refractivity contribution in [3.05, 3.63) is 49.1 Å². The van der Waals surface area contributed by atoms with E-state index in [2.05, 4.69) is 70.8 Å². The van der Waals surface area contributed by atoms with Gasteiger partial charge in [0.25, 0.3) is 0 Å². The first kappa shape index (κ1) is 21.0. The van der Waals surface area contributed by atoms with E-state index in [-0.39, 0.29) is 0 Å². The van der Waals surface area contributed by atoms with Crippen molar-refractivity contribution in [2.75, 3.05) is 5.75 Å². The first-order valence-corrected chi connectivity index (χ1v) is 11.0. The SMILES string of the molecule is C[n+]1ccc(-c2cc[n+](CCCCCCCCCCCCS)cc2)cc1. The average molecular weight is 373 g/mol. The number of nitrogens with zero attached hydrogens (tertiary/aromatic N) is 2. The van der Waals surface area contributed by atoms with Crippen molar-refractivity contribution in [3.63, 3.8) is 0 Å². The lowest BCUT2D eigenvalue weighted by molar-refractivity contribution is -0.697. The Morgan fingerprint density at radius 2 is 1.04 bits per heavy atom. The fourth-order valence-electron chi connectivity index (χ4n) is 3.31. The molecule has 26 heavy (non-hydrogen) atoms. The Kier molecular flexibility index (Phi) is 10.4. The molecule has 0 aliphatic rings. The molecule has 0 saturated heterocycles. The van der Waals surface area contributed by atoms with Crippen molar-refractivity contribution in [1.29, 1.82) is 0 Å². The van der Waals surface area contributed by atoms with Crippen LogP contribution in [0, 0.1) is 0 Å². The number of aryl methyl sites for hydroxylation is 2. The molecule has 0 bridgehead atoms. The smallest absolute Gasteiger partial charge is 0.169 e. The molecule has 0 N–H and O–H groups in total. The molecule has 0 unspecified atom stereocenters. The van der Waals surface area contributed by atoms with Gasteiger partial charge in [0, 0.05) is 30.7 Å². The van der Waals surface area contributed by atoms with Crippen LogP contribution in [0.1, 0.15) is 64.2 Å². The summed E-state index contributed by atoms with van der Waals surface area (Å²) in [5.41, 5.74) is 2.57. The van der Waals surface area contributed by atoms with Crippen molar-refractivity contribution >= 4 is 12.6 Å². The van der Waals surface area contributed by atoms with Gasteiger partial charge in [-0.15, -0.1) is 0 Å². The number of rotatable bonds is 13. The fraction of sp³-hybridized carbons (Fsp3) is 0.565. The summed E-state index contributed by atoms with van der Waals surface area (Å²) >= 11 is 4.26. The quantitative estimate of drug-likeness (QED) is 0.277. The monoisotopic (exact) mass is 372 g/mol. The van der Waals surface area contributed by atoms with Gasteiger partial charge in [-0.3, -0.25) is 0 Å². The van der Waals surface area contributed by atoms with Gasteiger partial charge in [0.05, 0.1) is 0 Å². The molecule has 0 aliphatic carbocycles. The third-order valence-electron chi connectivity index (χ3n) is 5.03. The first-order chi connectivity index (χ1) is 12.8. The number of thiol groups is 1. The second-order valence-electron chi connectivity index (χ2n) is 7.34. The summed E-state index contributed by atoms with van der Waals surface area (Å²) in [6.45, 7) is 1.13. The molecular formula is C23H36N2S+2. The van der Waals surface area contributed by atoms with Crippen LogP contribution in [-0.4, -0.2) is 5.75 Å². The second kappa shape index (κ2) is 12.9.